The van der Waals surface area contributed by atoms with Crippen molar-refractivity contribution in [3.05, 3.63) is 59.9 Å². The van der Waals surface area contributed by atoms with Crippen LogP contribution in [-0.2, 0) is 16.1 Å². The molecule has 1 N–H and O–H groups in total. The summed E-state index contributed by atoms with van der Waals surface area (Å²) in [5.74, 6) is 0.788. The Bertz CT molecular complexity index is 816. The monoisotopic (exact) mass is 400 g/mol. The van der Waals surface area contributed by atoms with E-state index in [0.29, 0.717) is 50.6 Å². The summed E-state index contributed by atoms with van der Waals surface area (Å²) >= 11 is 0. The Balaban J connectivity index is 1.43. The van der Waals surface area contributed by atoms with Crippen molar-refractivity contribution in [1.82, 2.24) is 10.2 Å². The highest BCUT2D eigenvalue weighted by atomic mass is 19.1. The van der Waals surface area contributed by atoms with Crippen LogP contribution >= 0.6 is 0 Å². The number of piperidine rings is 1. The summed E-state index contributed by atoms with van der Waals surface area (Å²) in [5, 5.41) is 2.96. The number of benzene rings is 2. The van der Waals surface area contributed by atoms with Crippen LogP contribution < -0.4 is 10.1 Å². The van der Waals surface area contributed by atoms with Crippen molar-refractivity contribution >= 4 is 12.0 Å². The molecule has 29 heavy (non-hydrogen) atoms. The van der Waals surface area contributed by atoms with Crippen LogP contribution in [0.4, 0.5) is 9.18 Å². The molecule has 0 spiro atoms. The summed E-state index contributed by atoms with van der Waals surface area (Å²) in [6, 6.07) is 13.2. The van der Waals surface area contributed by atoms with E-state index in [4.69, 9.17) is 9.47 Å². The maximum Gasteiger partial charge on any atom is 0.409 e. The molecule has 1 fully saturated rings. The van der Waals surface area contributed by atoms with E-state index in [0.717, 1.165) is 5.56 Å². The van der Waals surface area contributed by atoms with Gasteiger partial charge in [-0.2, -0.15) is 0 Å². The molecule has 0 atom stereocenters. The molecule has 0 unspecified atom stereocenters. The van der Waals surface area contributed by atoms with Gasteiger partial charge in [0.1, 0.15) is 17.3 Å². The minimum atomic E-state index is -0.311. The van der Waals surface area contributed by atoms with Gasteiger partial charge in [-0.25, -0.2) is 9.18 Å². The first kappa shape index (κ1) is 20.6. The van der Waals surface area contributed by atoms with Gasteiger partial charge >= 0.3 is 6.09 Å². The van der Waals surface area contributed by atoms with Crippen molar-refractivity contribution in [2.75, 3.05) is 19.7 Å². The standard InChI is InChI=1S/C22H25FN2O4/c1-2-28-22(27)25-13-11-17(12-14-25)21(26)24-15-16-3-7-19(8-4-16)29-20-9-5-18(23)6-10-20/h3-10,17H,2,11-15H2,1H3,(H,24,26). The molecule has 1 aliphatic rings. The summed E-state index contributed by atoms with van der Waals surface area (Å²) in [4.78, 5) is 25.8. The predicted molar refractivity (Wildman–Crippen MR) is 106 cm³/mol. The van der Waals surface area contributed by atoms with Crippen LogP contribution in [0.1, 0.15) is 25.3 Å². The Hall–Kier alpha value is -3.09. The van der Waals surface area contributed by atoms with Crippen LogP contribution in [0, 0.1) is 11.7 Å². The fraction of sp³-hybridized carbons (Fsp3) is 0.364. The van der Waals surface area contributed by atoms with E-state index in [2.05, 4.69) is 5.32 Å². The normalized spacial score (nSPS) is 14.3. The SMILES string of the molecule is CCOC(=O)N1CCC(C(=O)NCc2ccc(Oc3ccc(F)cc3)cc2)CC1. The Kier molecular flexibility index (Phi) is 7.05. The third kappa shape index (κ3) is 5.94. The van der Waals surface area contributed by atoms with Crippen molar-refractivity contribution in [3.63, 3.8) is 0 Å². The highest BCUT2D eigenvalue weighted by Crippen LogP contribution is 2.22. The molecule has 1 heterocycles. The molecule has 154 valence electrons. The quantitative estimate of drug-likeness (QED) is 0.793. The number of ether oxygens (including phenoxy) is 2. The van der Waals surface area contributed by atoms with Gasteiger partial charge in [-0.3, -0.25) is 4.79 Å². The molecular weight excluding hydrogens is 375 g/mol. The molecule has 0 aliphatic carbocycles. The Labute approximate surface area is 169 Å². The molecule has 0 radical (unpaired) electrons. The zero-order chi connectivity index (χ0) is 20.6. The second-order valence-electron chi connectivity index (χ2n) is 6.88. The van der Waals surface area contributed by atoms with Crippen molar-refractivity contribution < 1.29 is 23.5 Å². The molecule has 0 saturated carbocycles. The summed E-state index contributed by atoms with van der Waals surface area (Å²) in [5.41, 5.74) is 0.953. The molecule has 0 bridgehead atoms. The van der Waals surface area contributed by atoms with Crippen LogP contribution in [0.25, 0.3) is 0 Å². The van der Waals surface area contributed by atoms with Gasteiger partial charge in [-0.15, -0.1) is 0 Å². The summed E-state index contributed by atoms with van der Waals surface area (Å²) in [6.07, 6.45) is 0.957. The van der Waals surface area contributed by atoms with Crippen LogP contribution in [0.2, 0.25) is 0 Å². The number of carbonyl (C=O) groups excluding carboxylic acids is 2. The number of amides is 2. The first-order chi connectivity index (χ1) is 14.0. The van der Waals surface area contributed by atoms with E-state index in [9.17, 15) is 14.0 Å². The summed E-state index contributed by atoms with van der Waals surface area (Å²) in [6.45, 7) is 3.62. The molecule has 1 aliphatic heterocycles. The second kappa shape index (κ2) is 9.91. The van der Waals surface area contributed by atoms with Crippen LogP contribution in [0.5, 0.6) is 11.5 Å². The van der Waals surface area contributed by atoms with Crippen molar-refractivity contribution in [2.24, 2.45) is 5.92 Å². The van der Waals surface area contributed by atoms with Crippen LogP contribution in [0.15, 0.2) is 48.5 Å². The maximum absolute atomic E-state index is 12.9. The van der Waals surface area contributed by atoms with Gasteiger partial charge < -0.3 is 19.7 Å². The Morgan fingerprint density at radius 2 is 1.62 bits per heavy atom. The van der Waals surface area contributed by atoms with Gasteiger partial charge in [0.15, 0.2) is 0 Å². The van der Waals surface area contributed by atoms with E-state index in [1.54, 1.807) is 24.0 Å². The zero-order valence-electron chi connectivity index (χ0n) is 16.4. The lowest BCUT2D eigenvalue weighted by Crippen LogP contribution is -2.43. The van der Waals surface area contributed by atoms with Crippen molar-refractivity contribution in [3.8, 4) is 11.5 Å². The molecule has 7 heteroatoms. The summed E-state index contributed by atoms with van der Waals surface area (Å²) in [7, 11) is 0. The number of hydrogen-bond donors (Lipinski definition) is 1. The molecule has 1 saturated heterocycles. The number of hydrogen-bond acceptors (Lipinski definition) is 4. The molecule has 2 amide bonds. The molecule has 6 nitrogen and oxygen atoms in total. The lowest BCUT2D eigenvalue weighted by atomic mass is 9.96. The number of carbonyl (C=O) groups is 2. The molecule has 2 aromatic rings. The predicted octanol–water partition coefficient (Wildman–Crippen LogP) is 4.10. The van der Waals surface area contributed by atoms with Gasteiger partial charge in [-0.05, 0) is 61.7 Å². The van der Waals surface area contributed by atoms with Crippen molar-refractivity contribution in [1.29, 1.82) is 0 Å². The summed E-state index contributed by atoms with van der Waals surface area (Å²) < 4.78 is 23.6. The Morgan fingerprint density at radius 3 is 2.21 bits per heavy atom. The topological polar surface area (TPSA) is 67.9 Å². The lowest BCUT2D eigenvalue weighted by Gasteiger charge is -2.30. The second-order valence-corrected chi connectivity index (χ2v) is 6.88. The third-order valence-corrected chi connectivity index (χ3v) is 4.83. The number of halogens is 1. The van der Waals surface area contributed by atoms with E-state index < -0.39 is 0 Å². The van der Waals surface area contributed by atoms with Gasteiger partial charge in [-0.1, -0.05) is 12.1 Å². The average molecular weight is 400 g/mol. The molecule has 0 aromatic heterocycles. The maximum atomic E-state index is 12.9. The first-order valence-corrected chi connectivity index (χ1v) is 9.77. The van der Waals surface area contributed by atoms with E-state index >= 15 is 0 Å². The van der Waals surface area contributed by atoms with Crippen LogP contribution in [-0.4, -0.2) is 36.6 Å². The minimum Gasteiger partial charge on any atom is -0.457 e. The molecular formula is C22H25FN2O4. The van der Waals surface area contributed by atoms with Gasteiger partial charge in [0.25, 0.3) is 0 Å². The largest absolute Gasteiger partial charge is 0.457 e. The van der Waals surface area contributed by atoms with Gasteiger partial charge in [0, 0.05) is 25.6 Å². The highest BCUT2D eigenvalue weighted by molar-refractivity contribution is 5.79. The van der Waals surface area contributed by atoms with Crippen molar-refractivity contribution in [2.45, 2.75) is 26.3 Å². The average Bonchev–Trinajstić information content (AvgIpc) is 2.75. The van der Waals surface area contributed by atoms with E-state index in [1.807, 2.05) is 24.3 Å². The number of rotatable bonds is 6. The Morgan fingerprint density at radius 1 is 1.03 bits per heavy atom. The zero-order valence-corrected chi connectivity index (χ0v) is 16.4. The fourth-order valence-corrected chi connectivity index (χ4v) is 3.19. The number of nitrogens with one attached hydrogen (secondary N) is 1. The smallest absolute Gasteiger partial charge is 0.409 e. The van der Waals surface area contributed by atoms with Crippen LogP contribution in [0.3, 0.4) is 0 Å². The fourth-order valence-electron chi connectivity index (χ4n) is 3.19. The van der Waals surface area contributed by atoms with Gasteiger partial charge in [0.2, 0.25) is 5.91 Å². The highest BCUT2D eigenvalue weighted by Gasteiger charge is 2.27. The number of nitrogens with zero attached hydrogens (tertiary/aromatic N) is 1. The third-order valence-electron chi connectivity index (χ3n) is 4.83. The molecule has 2 aromatic carbocycles. The van der Waals surface area contributed by atoms with Gasteiger partial charge in [0.05, 0.1) is 6.61 Å². The minimum absolute atomic E-state index is 0.000137. The van der Waals surface area contributed by atoms with E-state index in [1.165, 1.54) is 12.1 Å². The lowest BCUT2D eigenvalue weighted by molar-refractivity contribution is -0.126. The first-order valence-electron chi connectivity index (χ1n) is 9.77. The van der Waals surface area contributed by atoms with E-state index in [-0.39, 0.29) is 23.7 Å². The number of likely N-dealkylation sites (tertiary alicyclic amines) is 1. The molecule has 3 rings (SSSR count).